The number of nitrogens with two attached hydrogens (primary N) is 1. The fraction of sp³-hybridized carbons (Fsp3) is 0.400. The van der Waals surface area contributed by atoms with E-state index in [-0.39, 0.29) is 18.9 Å². The highest BCUT2D eigenvalue weighted by Crippen LogP contribution is 2.33. The molecule has 9 heteroatoms. The van der Waals surface area contributed by atoms with Crippen LogP contribution in [0.15, 0.2) is 18.2 Å². The number of halogens is 2. The number of hydrogen-bond donors (Lipinski definition) is 2. The fourth-order valence-corrected chi connectivity index (χ4v) is 3.10. The minimum Gasteiger partial charge on any atom is -0.494 e. The van der Waals surface area contributed by atoms with E-state index in [1.54, 1.807) is 13.2 Å². The second-order valence-electron chi connectivity index (χ2n) is 5.92. The highest BCUT2D eigenvalue weighted by atomic mass is 19.3. The third-order valence-electron chi connectivity index (χ3n) is 4.21. The van der Waals surface area contributed by atoms with Crippen molar-refractivity contribution >= 4 is 22.5 Å². The molecular formula is C15H16F2N6O. The topological polar surface area (TPSA) is 90.4 Å². The molecule has 0 aliphatic carbocycles. The SMILES string of the molecule is COc1cccc2c1nc(N)n1nc([C@H]3CNCC(F)(F)C3)nc21. The van der Waals surface area contributed by atoms with Gasteiger partial charge in [0.05, 0.1) is 13.7 Å². The lowest BCUT2D eigenvalue weighted by Gasteiger charge is -2.27. The summed E-state index contributed by atoms with van der Waals surface area (Å²) in [5.74, 6) is -2.21. The molecule has 1 aromatic carbocycles. The molecule has 1 fully saturated rings. The van der Waals surface area contributed by atoms with Crippen LogP contribution in [-0.2, 0) is 0 Å². The Morgan fingerprint density at radius 3 is 2.96 bits per heavy atom. The zero-order valence-electron chi connectivity index (χ0n) is 13.0. The van der Waals surface area contributed by atoms with Crippen LogP contribution in [0, 0.1) is 0 Å². The number of aromatic nitrogens is 4. The van der Waals surface area contributed by atoms with Gasteiger partial charge in [0.15, 0.2) is 11.5 Å². The molecule has 0 bridgehead atoms. The molecule has 3 aromatic rings. The van der Waals surface area contributed by atoms with Gasteiger partial charge in [-0.3, -0.25) is 0 Å². The van der Waals surface area contributed by atoms with E-state index < -0.39 is 11.8 Å². The Morgan fingerprint density at radius 2 is 2.21 bits per heavy atom. The predicted molar refractivity (Wildman–Crippen MR) is 84.4 cm³/mol. The van der Waals surface area contributed by atoms with Crippen molar-refractivity contribution in [2.75, 3.05) is 25.9 Å². The quantitative estimate of drug-likeness (QED) is 0.739. The number of rotatable bonds is 2. The number of alkyl halides is 2. The van der Waals surface area contributed by atoms with Gasteiger partial charge in [0.25, 0.3) is 5.92 Å². The van der Waals surface area contributed by atoms with Gasteiger partial charge in [-0.15, -0.1) is 5.10 Å². The lowest BCUT2D eigenvalue weighted by molar-refractivity contribution is -0.0286. The molecule has 0 amide bonds. The smallest absolute Gasteiger partial charge is 0.261 e. The lowest BCUT2D eigenvalue weighted by Crippen LogP contribution is -2.43. The van der Waals surface area contributed by atoms with Crippen molar-refractivity contribution in [3.8, 4) is 5.75 Å². The number of piperidine rings is 1. The Hall–Kier alpha value is -2.55. The maximum Gasteiger partial charge on any atom is 0.261 e. The molecule has 0 radical (unpaired) electrons. The molecule has 0 unspecified atom stereocenters. The van der Waals surface area contributed by atoms with Gasteiger partial charge in [0, 0.05) is 24.3 Å². The van der Waals surface area contributed by atoms with Crippen LogP contribution in [0.1, 0.15) is 18.2 Å². The van der Waals surface area contributed by atoms with E-state index in [1.807, 2.05) is 12.1 Å². The van der Waals surface area contributed by atoms with E-state index in [9.17, 15) is 8.78 Å². The van der Waals surface area contributed by atoms with Crippen molar-refractivity contribution in [3.63, 3.8) is 0 Å². The average molecular weight is 334 g/mol. The highest BCUT2D eigenvalue weighted by molar-refractivity contribution is 5.95. The molecule has 2 aromatic heterocycles. The van der Waals surface area contributed by atoms with E-state index in [0.717, 1.165) is 0 Å². The molecule has 0 saturated carbocycles. The van der Waals surface area contributed by atoms with Crippen molar-refractivity contribution in [2.24, 2.45) is 0 Å². The van der Waals surface area contributed by atoms with Gasteiger partial charge in [-0.25, -0.2) is 18.7 Å². The number of para-hydroxylation sites is 1. The monoisotopic (exact) mass is 334 g/mol. The van der Waals surface area contributed by atoms with Gasteiger partial charge in [-0.05, 0) is 12.1 Å². The normalized spacial score (nSPS) is 20.5. The maximum absolute atomic E-state index is 13.6. The van der Waals surface area contributed by atoms with Crippen LogP contribution in [0.4, 0.5) is 14.7 Å². The molecule has 24 heavy (non-hydrogen) atoms. The Balaban J connectivity index is 1.89. The molecule has 1 aliphatic rings. The molecule has 1 atom stereocenters. The third-order valence-corrected chi connectivity index (χ3v) is 4.21. The minimum absolute atomic E-state index is 0.135. The molecule has 0 spiro atoms. The molecular weight excluding hydrogens is 318 g/mol. The first-order valence-corrected chi connectivity index (χ1v) is 7.56. The Bertz CT molecular complexity index is 925. The number of nitrogens with zero attached hydrogens (tertiary/aromatic N) is 4. The summed E-state index contributed by atoms with van der Waals surface area (Å²) in [6, 6.07) is 5.41. The standard InChI is InChI=1S/C15H16F2N6O/c1-24-10-4-2-3-9-11(10)20-14(18)23-13(9)21-12(22-23)8-5-15(16,17)7-19-6-8/h2-4,8,19H,5-7H2,1H3,(H2,18,20)/t8-/m1/s1. The van der Waals surface area contributed by atoms with E-state index in [4.69, 9.17) is 10.5 Å². The summed E-state index contributed by atoms with van der Waals surface area (Å²) in [5, 5.41) is 7.75. The van der Waals surface area contributed by atoms with E-state index in [2.05, 4.69) is 20.4 Å². The summed E-state index contributed by atoms with van der Waals surface area (Å²) >= 11 is 0. The molecule has 4 rings (SSSR count). The van der Waals surface area contributed by atoms with Crippen LogP contribution in [0.25, 0.3) is 16.6 Å². The molecule has 1 aliphatic heterocycles. The highest BCUT2D eigenvalue weighted by Gasteiger charge is 2.38. The Kier molecular flexibility index (Phi) is 3.27. The number of benzene rings is 1. The van der Waals surface area contributed by atoms with Crippen molar-refractivity contribution in [3.05, 3.63) is 24.0 Å². The third kappa shape index (κ3) is 2.32. The Morgan fingerprint density at radius 1 is 1.38 bits per heavy atom. The molecule has 7 nitrogen and oxygen atoms in total. The van der Waals surface area contributed by atoms with Gasteiger partial charge < -0.3 is 15.8 Å². The van der Waals surface area contributed by atoms with Crippen molar-refractivity contribution in [1.29, 1.82) is 0 Å². The van der Waals surface area contributed by atoms with Crippen LogP contribution in [0.5, 0.6) is 5.75 Å². The number of nitrogens with one attached hydrogen (secondary N) is 1. The summed E-state index contributed by atoms with van der Waals surface area (Å²) in [4.78, 5) is 8.78. The number of anilines is 1. The largest absolute Gasteiger partial charge is 0.494 e. The zero-order chi connectivity index (χ0) is 16.9. The fourth-order valence-electron chi connectivity index (χ4n) is 3.10. The van der Waals surface area contributed by atoms with Gasteiger partial charge in [0.2, 0.25) is 5.95 Å². The minimum atomic E-state index is -2.77. The zero-order valence-corrected chi connectivity index (χ0v) is 13.0. The second-order valence-corrected chi connectivity index (χ2v) is 5.92. The predicted octanol–water partition coefficient (Wildman–Crippen LogP) is 1.58. The van der Waals surface area contributed by atoms with Crippen LogP contribution in [-0.4, -0.2) is 45.7 Å². The summed E-state index contributed by atoms with van der Waals surface area (Å²) in [6.45, 7) is 0.0851. The summed E-state index contributed by atoms with van der Waals surface area (Å²) in [5.41, 5.74) is 7.02. The van der Waals surface area contributed by atoms with Gasteiger partial charge in [-0.1, -0.05) is 6.07 Å². The first kappa shape index (κ1) is 15.0. The van der Waals surface area contributed by atoms with Crippen LogP contribution >= 0.6 is 0 Å². The maximum atomic E-state index is 13.6. The first-order valence-electron chi connectivity index (χ1n) is 7.56. The van der Waals surface area contributed by atoms with Crippen LogP contribution in [0.2, 0.25) is 0 Å². The second kappa shape index (κ2) is 5.23. The molecule has 3 heterocycles. The Labute approximate surface area is 135 Å². The molecule has 1 saturated heterocycles. The number of ether oxygens (including phenoxy) is 1. The molecule has 3 N–H and O–H groups in total. The average Bonchev–Trinajstić information content (AvgIpc) is 3.00. The first-order chi connectivity index (χ1) is 11.5. The van der Waals surface area contributed by atoms with Gasteiger partial charge >= 0.3 is 0 Å². The number of hydrogen-bond acceptors (Lipinski definition) is 6. The van der Waals surface area contributed by atoms with E-state index in [1.165, 1.54) is 4.52 Å². The summed E-state index contributed by atoms with van der Waals surface area (Å²) in [7, 11) is 1.54. The van der Waals surface area contributed by atoms with E-state index >= 15 is 0 Å². The van der Waals surface area contributed by atoms with Gasteiger partial charge in [0.1, 0.15) is 11.3 Å². The van der Waals surface area contributed by atoms with Crippen LogP contribution < -0.4 is 15.8 Å². The van der Waals surface area contributed by atoms with Crippen molar-refractivity contribution in [1.82, 2.24) is 24.9 Å². The summed E-state index contributed by atoms with van der Waals surface area (Å²) in [6.07, 6.45) is -0.286. The number of fused-ring (bicyclic) bond motifs is 3. The number of nitrogen functional groups attached to an aromatic ring is 1. The molecule has 126 valence electrons. The van der Waals surface area contributed by atoms with Gasteiger partial charge in [-0.2, -0.15) is 4.52 Å². The number of methoxy groups -OCH3 is 1. The van der Waals surface area contributed by atoms with E-state index in [0.29, 0.717) is 34.7 Å². The van der Waals surface area contributed by atoms with Crippen LogP contribution in [0.3, 0.4) is 0 Å². The van der Waals surface area contributed by atoms with Crippen molar-refractivity contribution < 1.29 is 13.5 Å². The lowest BCUT2D eigenvalue weighted by atomic mass is 9.96. The summed E-state index contributed by atoms with van der Waals surface area (Å²) < 4.78 is 34.0. The van der Waals surface area contributed by atoms with Crippen molar-refractivity contribution in [2.45, 2.75) is 18.3 Å².